The number of nitrogens with one attached hydrogen (secondary N) is 1. The molecule has 3 heterocycles. The third kappa shape index (κ3) is 3.37. The number of hydrogen-bond acceptors (Lipinski definition) is 6. The first-order valence-electron chi connectivity index (χ1n) is 7.71. The van der Waals surface area contributed by atoms with Crippen LogP contribution in [-0.2, 0) is 9.47 Å². The molecule has 8 heteroatoms. The number of rotatable bonds is 4. The van der Waals surface area contributed by atoms with Crippen LogP contribution in [0.25, 0.3) is 5.52 Å². The first-order valence-corrected chi connectivity index (χ1v) is 7.71. The molecule has 3 N–H and O–H groups in total. The number of carbonyl (C=O) groups is 1. The van der Waals surface area contributed by atoms with E-state index in [1.165, 1.54) is 6.33 Å². The molecule has 8 nitrogen and oxygen atoms in total. The molecule has 1 saturated heterocycles. The molecule has 0 spiro atoms. The van der Waals surface area contributed by atoms with Gasteiger partial charge in [-0.15, -0.1) is 0 Å². The van der Waals surface area contributed by atoms with Gasteiger partial charge in [0.05, 0.1) is 11.8 Å². The number of carbonyl (C=O) groups excluding carboxylic acids is 1. The highest BCUT2D eigenvalue weighted by atomic mass is 16.6. The van der Waals surface area contributed by atoms with Crippen LogP contribution < -0.4 is 11.1 Å². The summed E-state index contributed by atoms with van der Waals surface area (Å²) < 4.78 is 12.9. The average molecular weight is 319 g/mol. The van der Waals surface area contributed by atoms with Crippen molar-refractivity contribution in [2.75, 3.05) is 12.3 Å². The molecule has 124 valence electrons. The Morgan fingerprint density at radius 3 is 3.13 bits per heavy atom. The zero-order valence-corrected chi connectivity index (χ0v) is 13.2. The molecule has 2 unspecified atom stereocenters. The summed E-state index contributed by atoms with van der Waals surface area (Å²) in [6, 6.07) is 3.88. The van der Waals surface area contributed by atoms with Crippen molar-refractivity contribution in [3.63, 3.8) is 0 Å². The summed E-state index contributed by atoms with van der Waals surface area (Å²) in [4.78, 5) is 15.5. The van der Waals surface area contributed by atoms with Crippen LogP contribution in [0.5, 0.6) is 0 Å². The van der Waals surface area contributed by atoms with E-state index >= 15 is 0 Å². The first-order chi connectivity index (χ1) is 11.0. The minimum Gasteiger partial charge on any atom is -0.447 e. The molecule has 23 heavy (non-hydrogen) atoms. The summed E-state index contributed by atoms with van der Waals surface area (Å²) >= 11 is 0. The zero-order valence-electron chi connectivity index (χ0n) is 13.2. The van der Waals surface area contributed by atoms with Crippen molar-refractivity contribution < 1.29 is 14.3 Å². The Labute approximate surface area is 134 Å². The molecule has 1 aliphatic rings. The van der Waals surface area contributed by atoms with Crippen molar-refractivity contribution in [1.82, 2.24) is 19.9 Å². The van der Waals surface area contributed by atoms with Crippen molar-refractivity contribution in [2.24, 2.45) is 0 Å². The van der Waals surface area contributed by atoms with E-state index in [0.29, 0.717) is 5.82 Å². The second-order valence-corrected chi connectivity index (χ2v) is 5.92. The van der Waals surface area contributed by atoms with Crippen LogP contribution in [0.3, 0.4) is 0 Å². The summed E-state index contributed by atoms with van der Waals surface area (Å²) in [6.07, 6.45) is 2.48. The van der Waals surface area contributed by atoms with Crippen LogP contribution in [0.1, 0.15) is 38.5 Å². The summed E-state index contributed by atoms with van der Waals surface area (Å²) in [7, 11) is 0. The van der Waals surface area contributed by atoms with Crippen LogP contribution in [-0.4, -0.2) is 39.4 Å². The monoisotopic (exact) mass is 319 g/mol. The standard InChI is InChI=1S/C15H21N5O3/c1-9(2)19-15(21)22-7-10-3-6-13(23-10)11-4-5-12-14(16)17-8-18-20(11)12/h4-5,8-10,13H,3,6-7H2,1-2H3,(H,19,21)(H2,16,17,18). The smallest absolute Gasteiger partial charge is 0.407 e. The van der Waals surface area contributed by atoms with Crippen LogP contribution in [0.4, 0.5) is 10.6 Å². The van der Waals surface area contributed by atoms with Gasteiger partial charge < -0.3 is 20.5 Å². The SMILES string of the molecule is CC(C)NC(=O)OCC1CCC(c2ccc3c(N)ncnn23)O1. The van der Waals surface area contributed by atoms with Crippen molar-refractivity contribution in [2.45, 2.75) is 44.9 Å². The van der Waals surface area contributed by atoms with Gasteiger partial charge in [-0.2, -0.15) is 5.10 Å². The third-order valence-corrected chi connectivity index (χ3v) is 3.76. The quantitative estimate of drug-likeness (QED) is 0.888. The van der Waals surface area contributed by atoms with Crippen LogP contribution in [0.2, 0.25) is 0 Å². The van der Waals surface area contributed by atoms with Gasteiger partial charge in [0.2, 0.25) is 0 Å². The van der Waals surface area contributed by atoms with E-state index in [1.807, 2.05) is 26.0 Å². The van der Waals surface area contributed by atoms with Gasteiger partial charge in [0.15, 0.2) is 5.82 Å². The second-order valence-electron chi connectivity index (χ2n) is 5.92. The molecule has 0 bridgehead atoms. The molecule has 0 aromatic carbocycles. The molecule has 1 aliphatic heterocycles. The summed E-state index contributed by atoms with van der Waals surface area (Å²) in [6.45, 7) is 4.01. The number of alkyl carbamates (subject to hydrolysis) is 1. The van der Waals surface area contributed by atoms with Crippen LogP contribution in [0.15, 0.2) is 18.5 Å². The predicted molar refractivity (Wildman–Crippen MR) is 83.9 cm³/mol. The summed E-state index contributed by atoms with van der Waals surface area (Å²) in [5, 5.41) is 6.91. The molecule has 0 radical (unpaired) electrons. The van der Waals surface area contributed by atoms with Gasteiger partial charge in [-0.3, -0.25) is 0 Å². The molecule has 2 aromatic rings. The number of nitrogens with zero attached hydrogens (tertiary/aromatic N) is 3. The molecular weight excluding hydrogens is 298 g/mol. The summed E-state index contributed by atoms with van der Waals surface area (Å²) in [5.41, 5.74) is 7.54. The van der Waals surface area contributed by atoms with Crippen molar-refractivity contribution in [1.29, 1.82) is 0 Å². The lowest BCUT2D eigenvalue weighted by Crippen LogP contribution is -2.32. The fourth-order valence-electron chi connectivity index (χ4n) is 2.71. The van der Waals surface area contributed by atoms with Gasteiger partial charge in [0.25, 0.3) is 0 Å². The van der Waals surface area contributed by atoms with E-state index in [9.17, 15) is 4.79 Å². The highest BCUT2D eigenvalue weighted by Crippen LogP contribution is 2.33. The van der Waals surface area contributed by atoms with Crippen molar-refractivity contribution >= 4 is 17.4 Å². The molecule has 3 rings (SSSR count). The van der Waals surface area contributed by atoms with Gasteiger partial charge in [-0.05, 0) is 38.8 Å². The van der Waals surface area contributed by atoms with E-state index in [2.05, 4.69) is 15.4 Å². The predicted octanol–water partition coefficient (Wildman–Crippen LogP) is 1.67. The van der Waals surface area contributed by atoms with Gasteiger partial charge in [-0.25, -0.2) is 14.3 Å². The number of fused-ring (bicyclic) bond motifs is 1. The number of nitrogen functional groups attached to an aromatic ring is 1. The van der Waals surface area contributed by atoms with E-state index in [-0.39, 0.29) is 24.9 Å². The van der Waals surface area contributed by atoms with E-state index in [1.54, 1.807) is 4.52 Å². The van der Waals surface area contributed by atoms with Crippen LogP contribution >= 0.6 is 0 Å². The fraction of sp³-hybridized carbons (Fsp3) is 0.533. The Bertz CT molecular complexity index is 699. The minimum atomic E-state index is -0.416. The van der Waals surface area contributed by atoms with Crippen molar-refractivity contribution in [3.05, 3.63) is 24.2 Å². The van der Waals surface area contributed by atoms with E-state index in [4.69, 9.17) is 15.2 Å². The Hall–Kier alpha value is -2.35. The third-order valence-electron chi connectivity index (χ3n) is 3.76. The Balaban J connectivity index is 1.61. The number of aromatic nitrogens is 3. The number of amides is 1. The maximum atomic E-state index is 11.5. The topological polar surface area (TPSA) is 104 Å². The summed E-state index contributed by atoms with van der Waals surface area (Å²) in [5.74, 6) is 0.439. The Kier molecular flexibility index (Phi) is 4.33. The highest BCUT2D eigenvalue weighted by Gasteiger charge is 2.29. The van der Waals surface area contributed by atoms with E-state index < -0.39 is 6.09 Å². The molecule has 2 aromatic heterocycles. The second kappa shape index (κ2) is 6.41. The molecule has 0 saturated carbocycles. The Morgan fingerprint density at radius 1 is 1.52 bits per heavy atom. The maximum absolute atomic E-state index is 11.5. The highest BCUT2D eigenvalue weighted by molar-refractivity contribution is 5.67. The molecule has 1 amide bonds. The van der Waals surface area contributed by atoms with Gasteiger partial charge in [-0.1, -0.05) is 0 Å². The lowest BCUT2D eigenvalue weighted by Gasteiger charge is -2.15. The number of nitrogens with two attached hydrogens (primary N) is 1. The average Bonchev–Trinajstić information content (AvgIpc) is 3.11. The minimum absolute atomic E-state index is 0.0528. The molecular formula is C15H21N5O3. The lowest BCUT2D eigenvalue weighted by molar-refractivity contribution is 0.00156. The number of ether oxygens (including phenoxy) is 2. The normalized spacial score (nSPS) is 21.0. The molecule has 0 aliphatic carbocycles. The van der Waals surface area contributed by atoms with Crippen LogP contribution in [0, 0.1) is 0 Å². The lowest BCUT2D eigenvalue weighted by atomic mass is 10.1. The maximum Gasteiger partial charge on any atom is 0.407 e. The zero-order chi connectivity index (χ0) is 16.4. The molecule has 2 atom stereocenters. The van der Waals surface area contributed by atoms with Gasteiger partial charge in [0, 0.05) is 6.04 Å². The van der Waals surface area contributed by atoms with Gasteiger partial charge >= 0.3 is 6.09 Å². The van der Waals surface area contributed by atoms with Gasteiger partial charge in [0.1, 0.15) is 24.6 Å². The number of hydrogen-bond donors (Lipinski definition) is 2. The first kappa shape index (κ1) is 15.5. The van der Waals surface area contributed by atoms with E-state index in [0.717, 1.165) is 24.1 Å². The fourth-order valence-corrected chi connectivity index (χ4v) is 2.71. The van der Waals surface area contributed by atoms with Crippen molar-refractivity contribution in [3.8, 4) is 0 Å². The largest absolute Gasteiger partial charge is 0.447 e. The Morgan fingerprint density at radius 2 is 2.35 bits per heavy atom. The number of anilines is 1. The molecule has 1 fully saturated rings.